The molecule has 2 aromatic carbocycles. The van der Waals surface area contributed by atoms with E-state index in [1.54, 1.807) is 0 Å². The first kappa shape index (κ1) is 13.0. The van der Waals surface area contributed by atoms with Crippen LogP contribution in [0.5, 0.6) is 0 Å². The molecule has 0 heterocycles. The lowest BCUT2D eigenvalue weighted by Gasteiger charge is -2.05. The SMILES string of the molecule is c1ccc2cc(SCCCCNC3CC3)ccc2c1. The maximum absolute atomic E-state index is 3.57. The molecule has 3 rings (SSSR count). The summed E-state index contributed by atoms with van der Waals surface area (Å²) in [7, 11) is 0. The molecule has 1 aliphatic rings. The van der Waals surface area contributed by atoms with E-state index in [1.807, 2.05) is 11.8 Å². The van der Waals surface area contributed by atoms with Crippen LogP contribution in [0.4, 0.5) is 0 Å². The first-order valence-corrected chi connectivity index (χ1v) is 8.25. The van der Waals surface area contributed by atoms with Crippen molar-refractivity contribution in [2.75, 3.05) is 12.3 Å². The zero-order chi connectivity index (χ0) is 12.9. The zero-order valence-electron chi connectivity index (χ0n) is 11.3. The van der Waals surface area contributed by atoms with Crippen LogP contribution in [-0.2, 0) is 0 Å². The van der Waals surface area contributed by atoms with Gasteiger partial charge >= 0.3 is 0 Å². The van der Waals surface area contributed by atoms with E-state index in [1.165, 1.54) is 53.6 Å². The Hall–Kier alpha value is -0.990. The van der Waals surface area contributed by atoms with Crippen molar-refractivity contribution in [2.24, 2.45) is 0 Å². The Bertz CT molecular complexity index is 534. The molecule has 0 atom stereocenters. The second kappa shape index (κ2) is 6.44. The Morgan fingerprint density at radius 1 is 1.00 bits per heavy atom. The molecular formula is C17H21NS. The maximum Gasteiger partial charge on any atom is 0.00783 e. The third-order valence-corrected chi connectivity index (χ3v) is 4.65. The summed E-state index contributed by atoms with van der Waals surface area (Å²) in [5.74, 6) is 1.23. The number of fused-ring (bicyclic) bond motifs is 1. The monoisotopic (exact) mass is 271 g/mol. The van der Waals surface area contributed by atoms with E-state index in [0.717, 1.165) is 6.04 Å². The fourth-order valence-corrected chi connectivity index (χ4v) is 3.23. The van der Waals surface area contributed by atoms with E-state index >= 15 is 0 Å². The molecule has 1 saturated carbocycles. The highest BCUT2D eigenvalue weighted by Gasteiger charge is 2.19. The minimum absolute atomic E-state index is 0.855. The summed E-state index contributed by atoms with van der Waals surface area (Å²) in [6, 6.07) is 16.2. The van der Waals surface area contributed by atoms with Crippen LogP contribution >= 0.6 is 11.8 Å². The Morgan fingerprint density at radius 2 is 1.84 bits per heavy atom. The minimum Gasteiger partial charge on any atom is -0.314 e. The lowest BCUT2D eigenvalue weighted by atomic mass is 10.1. The Morgan fingerprint density at radius 3 is 2.68 bits per heavy atom. The Labute approximate surface area is 119 Å². The summed E-state index contributed by atoms with van der Waals surface area (Å²) in [4.78, 5) is 1.40. The van der Waals surface area contributed by atoms with Crippen LogP contribution in [0.15, 0.2) is 47.4 Å². The number of nitrogens with one attached hydrogen (secondary N) is 1. The maximum atomic E-state index is 3.57. The van der Waals surface area contributed by atoms with Crippen LogP contribution in [0.1, 0.15) is 25.7 Å². The highest BCUT2D eigenvalue weighted by atomic mass is 32.2. The topological polar surface area (TPSA) is 12.0 Å². The molecule has 2 heteroatoms. The number of hydrogen-bond acceptors (Lipinski definition) is 2. The predicted molar refractivity (Wildman–Crippen MR) is 84.9 cm³/mol. The highest BCUT2D eigenvalue weighted by Crippen LogP contribution is 2.24. The van der Waals surface area contributed by atoms with Gasteiger partial charge in [-0.25, -0.2) is 0 Å². The van der Waals surface area contributed by atoms with Crippen LogP contribution in [0.3, 0.4) is 0 Å². The normalized spacial score (nSPS) is 14.9. The average Bonchev–Trinajstić information content (AvgIpc) is 3.27. The average molecular weight is 271 g/mol. The fourth-order valence-electron chi connectivity index (χ4n) is 2.27. The van der Waals surface area contributed by atoms with E-state index in [-0.39, 0.29) is 0 Å². The van der Waals surface area contributed by atoms with Gasteiger partial charge in [-0.15, -0.1) is 11.8 Å². The molecule has 2 aromatic rings. The van der Waals surface area contributed by atoms with E-state index in [0.29, 0.717) is 0 Å². The summed E-state index contributed by atoms with van der Waals surface area (Å²) in [5, 5.41) is 6.25. The molecule has 19 heavy (non-hydrogen) atoms. The molecule has 1 nitrogen and oxygen atoms in total. The van der Waals surface area contributed by atoms with Gasteiger partial charge in [0, 0.05) is 10.9 Å². The first-order valence-electron chi connectivity index (χ1n) is 7.27. The van der Waals surface area contributed by atoms with Gasteiger partial charge in [0.2, 0.25) is 0 Å². The van der Waals surface area contributed by atoms with Crippen molar-refractivity contribution >= 4 is 22.5 Å². The van der Waals surface area contributed by atoms with Crippen LogP contribution in [0.2, 0.25) is 0 Å². The van der Waals surface area contributed by atoms with Gasteiger partial charge in [-0.1, -0.05) is 30.3 Å². The van der Waals surface area contributed by atoms with Crippen molar-refractivity contribution in [2.45, 2.75) is 36.6 Å². The van der Waals surface area contributed by atoms with Gasteiger partial charge in [-0.3, -0.25) is 0 Å². The fraction of sp³-hybridized carbons (Fsp3) is 0.412. The summed E-state index contributed by atoms with van der Waals surface area (Å²) in [6.45, 7) is 1.20. The molecule has 1 aliphatic carbocycles. The van der Waals surface area contributed by atoms with Gasteiger partial charge in [0.25, 0.3) is 0 Å². The molecule has 1 N–H and O–H groups in total. The number of hydrogen-bond donors (Lipinski definition) is 1. The molecule has 0 saturated heterocycles. The van der Waals surface area contributed by atoms with Crippen molar-refractivity contribution in [1.82, 2.24) is 5.32 Å². The molecule has 0 aromatic heterocycles. The molecule has 0 spiro atoms. The van der Waals surface area contributed by atoms with Gasteiger partial charge in [0.1, 0.15) is 0 Å². The lowest BCUT2D eigenvalue weighted by Crippen LogP contribution is -2.17. The third-order valence-electron chi connectivity index (χ3n) is 3.57. The Kier molecular flexibility index (Phi) is 4.41. The molecule has 0 amide bonds. The Balaban J connectivity index is 1.42. The van der Waals surface area contributed by atoms with Gasteiger partial charge < -0.3 is 5.32 Å². The highest BCUT2D eigenvalue weighted by molar-refractivity contribution is 7.99. The molecule has 0 radical (unpaired) electrons. The predicted octanol–water partition coefficient (Wildman–Crippen LogP) is 4.46. The zero-order valence-corrected chi connectivity index (χ0v) is 12.1. The molecule has 1 fully saturated rings. The van der Waals surface area contributed by atoms with E-state index in [2.05, 4.69) is 47.8 Å². The van der Waals surface area contributed by atoms with Crippen LogP contribution in [0, 0.1) is 0 Å². The van der Waals surface area contributed by atoms with Crippen LogP contribution in [-0.4, -0.2) is 18.3 Å². The largest absolute Gasteiger partial charge is 0.314 e. The van der Waals surface area contributed by atoms with E-state index in [9.17, 15) is 0 Å². The summed E-state index contributed by atoms with van der Waals surface area (Å²) in [5.41, 5.74) is 0. The minimum atomic E-state index is 0.855. The smallest absolute Gasteiger partial charge is 0.00783 e. The lowest BCUT2D eigenvalue weighted by molar-refractivity contribution is 0.640. The van der Waals surface area contributed by atoms with Crippen LogP contribution in [0.25, 0.3) is 10.8 Å². The van der Waals surface area contributed by atoms with Crippen molar-refractivity contribution in [3.8, 4) is 0 Å². The first-order chi connectivity index (χ1) is 9.42. The van der Waals surface area contributed by atoms with Crippen molar-refractivity contribution < 1.29 is 0 Å². The van der Waals surface area contributed by atoms with Gasteiger partial charge in [0.05, 0.1) is 0 Å². The van der Waals surface area contributed by atoms with Gasteiger partial charge in [-0.05, 0) is 60.9 Å². The standard InChI is InChI=1S/C17H21NS/c1-2-6-15-13-17(10-7-14(15)5-1)19-12-4-3-11-18-16-8-9-16/h1-2,5-7,10,13,16,18H,3-4,8-9,11-12H2. The van der Waals surface area contributed by atoms with Crippen molar-refractivity contribution in [1.29, 1.82) is 0 Å². The van der Waals surface area contributed by atoms with E-state index in [4.69, 9.17) is 0 Å². The second-order valence-electron chi connectivity index (χ2n) is 5.29. The van der Waals surface area contributed by atoms with E-state index < -0.39 is 0 Å². The number of benzene rings is 2. The second-order valence-corrected chi connectivity index (χ2v) is 6.46. The van der Waals surface area contributed by atoms with Crippen molar-refractivity contribution in [3.05, 3.63) is 42.5 Å². The molecule has 0 bridgehead atoms. The van der Waals surface area contributed by atoms with Gasteiger partial charge in [-0.2, -0.15) is 0 Å². The molecule has 100 valence electrons. The third kappa shape index (κ3) is 3.99. The number of thioether (sulfide) groups is 1. The summed E-state index contributed by atoms with van der Waals surface area (Å²) < 4.78 is 0. The molecular weight excluding hydrogens is 250 g/mol. The molecule has 0 unspecified atom stereocenters. The number of unbranched alkanes of at least 4 members (excludes halogenated alkanes) is 1. The summed E-state index contributed by atoms with van der Waals surface area (Å²) in [6.07, 6.45) is 5.39. The van der Waals surface area contributed by atoms with Crippen molar-refractivity contribution in [3.63, 3.8) is 0 Å². The molecule has 0 aliphatic heterocycles. The van der Waals surface area contributed by atoms with Gasteiger partial charge in [0.15, 0.2) is 0 Å². The quantitative estimate of drug-likeness (QED) is 0.589. The van der Waals surface area contributed by atoms with Crippen LogP contribution < -0.4 is 5.32 Å². The number of rotatable bonds is 7. The summed E-state index contributed by atoms with van der Waals surface area (Å²) >= 11 is 1.98.